The van der Waals surface area contributed by atoms with Gasteiger partial charge in [0.1, 0.15) is 11.5 Å². The third-order valence-corrected chi connectivity index (χ3v) is 5.84. The number of hydrogen-bond acceptors (Lipinski definition) is 5. The van der Waals surface area contributed by atoms with E-state index in [2.05, 4.69) is 39.8 Å². The van der Waals surface area contributed by atoms with Gasteiger partial charge in [-0.3, -0.25) is 15.1 Å². The lowest BCUT2D eigenvalue weighted by Gasteiger charge is -2.43. The number of piperidine rings is 1. The molecule has 0 aromatic heterocycles. The Morgan fingerprint density at radius 3 is 2.67 bits per heavy atom. The molecule has 1 amide bonds. The van der Waals surface area contributed by atoms with E-state index in [9.17, 15) is 4.79 Å². The van der Waals surface area contributed by atoms with Gasteiger partial charge in [0.05, 0.1) is 19.8 Å². The minimum Gasteiger partial charge on any atom is -0.497 e. The first-order valence-corrected chi connectivity index (χ1v) is 10.9. The zero-order chi connectivity index (χ0) is 24.3. The molecule has 1 aromatic rings. The molecule has 0 bridgehead atoms. The van der Waals surface area contributed by atoms with E-state index in [0.29, 0.717) is 37.7 Å². The number of aliphatic imine (C=N–C) groups is 1. The Hall–Kier alpha value is -3.73. The van der Waals surface area contributed by atoms with Crippen molar-refractivity contribution in [1.29, 1.82) is 5.26 Å². The number of amides is 1. The molecular weight excluding hydrogens is 418 g/mol. The Balaban J connectivity index is 2.30. The van der Waals surface area contributed by atoms with Gasteiger partial charge < -0.3 is 19.7 Å². The molecule has 1 fully saturated rings. The first-order valence-electron chi connectivity index (χ1n) is 10.9. The second kappa shape index (κ2) is 12.3. The number of nitrogens with zero attached hydrogens (tertiary/aromatic N) is 3. The summed E-state index contributed by atoms with van der Waals surface area (Å²) in [6, 6.07) is 7.95. The molecule has 0 unspecified atom stereocenters. The van der Waals surface area contributed by atoms with Crippen LogP contribution >= 0.6 is 0 Å². The molecule has 1 heterocycles. The molecule has 0 spiro atoms. The Labute approximate surface area is 196 Å². The van der Waals surface area contributed by atoms with Crippen LogP contribution < -0.4 is 15.4 Å². The van der Waals surface area contributed by atoms with E-state index >= 15 is 0 Å². The minimum atomic E-state index is -0.321. The van der Waals surface area contributed by atoms with Crippen molar-refractivity contribution in [2.24, 2.45) is 4.99 Å². The van der Waals surface area contributed by atoms with Crippen molar-refractivity contribution in [2.75, 3.05) is 40.4 Å². The van der Waals surface area contributed by atoms with E-state index in [1.54, 1.807) is 13.2 Å². The number of ether oxygens (including phenoxy) is 2. The van der Waals surface area contributed by atoms with Crippen molar-refractivity contribution < 1.29 is 14.3 Å². The maximum absolute atomic E-state index is 12.9. The lowest BCUT2D eigenvalue weighted by Crippen LogP contribution is -2.52. The molecule has 0 aliphatic carbocycles. The van der Waals surface area contributed by atoms with Crippen LogP contribution in [0.15, 0.2) is 65.9 Å². The molecule has 8 nitrogen and oxygen atoms in total. The lowest BCUT2D eigenvalue weighted by atomic mass is 9.72. The molecule has 1 aromatic carbocycles. The van der Waals surface area contributed by atoms with Crippen molar-refractivity contribution in [1.82, 2.24) is 15.5 Å². The largest absolute Gasteiger partial charge is 0.497 e. The maximum Gasteiger partial charge on any atom is 0.255 e. The van der Waals surface area contributed by atoms with Crippen LogP contribution in [-0.4, -0.2) is 57.2 Å². The highest BCUT2D eigenvalue weighted by atomic mass is 16.5. The van der Waals surface area contributed by atoms with Gasteiger partial charge in [-0.1, -0.05) is 31.4 Å². The van der Waals surface area contributed by atoms with Crippen LogP contribution in [0.1, 0.15) is 25.3 Å². The predicted octanol–water partition coefficient (Wildman–Crippen LogP) is 2.86. The Bertz CT molecular complexity index is 953. The van der Waals surface area contributed by atoms with Gasteiger partial charge in [0.2, 0.25) is 5.96 Å². The van der Waals surface area contributed by atoms with Crippen LogP contribution in [0, 0.1) is 11.5 Å². The number of methoxy groups -OCH3 is 2. The van der Waals surface area contributed by atoms with Gasteiger partial charge >= 0.3 is 0 Å². The summed E-state index contributed by atoms with van der Waals surface area (Å²) in [5.41, 5.74) is 1.10. The molecule has 0 radical (unpaired) electrons. The second-order valence-electron chi connectivity index (χ2n) is 7.66. The Kier molecular flexibility index (Phi) is 9.55. The first-order chi connectivity index (χ1) is 15.9. The van der Waals surface area contributed by atoms with E-state index < -0.39 is 0 Å². The molecule has 1 saturated heterocycles. The number of likely N-dealkylation sites (tertiary alicyclic amines) is 1. The Morgan fingerprint density at radius 1 is 1.36 bits per heavy atom. The summed E-state index contributed by atoms with van der Waals surface area (Å²) < 4.78 is 10.6. The fourth-order valence-corrected chi connectivity index (χ4v) is 3.95. The summed E-state index contributed by atoms with van der Waals surface area (Å²) in [5.74, 6) is 1.35. The third-order valence-electron chi connectivity index (χ3n) is 5.84. The lowest BCUT2D eigenvalue weighted by molar-refractivity contribution is -0.117. The minimum absolute atomic E-state index is 0.272. The molecule has 176 valence electrons. The number of guanidine groups is 1. The summed E-state index contributed by atoms with van der Waals surface area (Å²) in [7, 11) is 3.12. The van der Waals surface area contributed by atoms with Crippen molar-refractivity contribution in [3.05, 3.63) is 66.5 Å². The van der Waals surface area contributed by atoms with Crippen molar-refractivity contribution in [2.45, 2.75) is 25.2 Å². The molecule has 0 saturated carbocycles. The fourth-order valence-electron chi connectivity index (χ4n) is 3.95. The average molecular weight is 452 g/mol. The van der Waals surface area contributed by atoms with Gasteiger partial charge in [-0.25, -0.2) is 0 Å². The number of hydrogen-bond donors (Lipinski definition) is 2. The normalized spacial score (nSPS) is 15.8. The predicted molar refractivity (Wildman–Crippen MR) is 130 cm³/mol. The molecule has 2 N–H and O–H groups in total. The summed E-state index contributed by atoms with van der Waals surface area (Å²) in [4.78, 5) is 19.4. The summed E-state index contributed by atoms with van der Waals surface area (Å²) in [5, 5.41) is 14.8. The Morgan fingerprint density at radius 2 is 2.09 bits per heavy atom. The van der Waals surface area contributed by atoms with Gasteiger partial charge in [-0.15, -0.1) is 0 Å². The summed E-state index contributed by atoms with van der Waals surface area (Å²) in [6.07, 6.45) is 6.59. The summed E-state index contributed by atoms with van der Waals surface area (Å²) in [6.45, 7) is 11.8. The van der Waals surface area contributed by atoms with E-state index in [4.69, 9.17) is 14.7 Å². The highest BCUT2D eigenvalue weighted by Gasteiger charge is 2.38. The van der Waals surface area contributed by atoms with Crippen LogP contribution in [0.25, 0.3) is 0 Å². The number of nitriles is 1. The van der Waals surface area contributed by atoms with E-state index in [-0.39, 0.29) is 17.1 Å². The van der Waals surface area contributed by atoms with Crippen LogP contribution in [-0.2, 0) is 14.9 Å². The van der Waals surface area contributed by atoms with Crippen LogP contribution in [0.5, 0.6) is 5.75 Å². The average Bonchev–Trinajstić information content (AvgIpc) is 2.85. The number of carbonyl (C=O) groups is 1. The molecule has 8 heteroatoms. The van der Waals surface area contributed by atoms with Gasteiger partial charge in [0.15, 0.2) is 6.19 Å². The zero-order valence-corrected chi connectivity index (χ0v) is 19.7. The number of allylic oxidation sites excluding steroid dienone is 2. The van der Waals surface area contributed by atoms with Crippen LogP contribution in [0.3, 0.4) is 0 Å². The number of carbonyl (C=O) groups excluding carboxylic acids is 1. The highest BCUT2D eigenvalue weighted by Crippen LogP contribution is 2.36. The van der Waals surface area contributed by atoms with Crippen molar-refractivity contribution >= 4 is 11.9 Å². The second-order valence-corrected chi connectivity index (χ2v) is 7.66. The molecule has 1 aliphatic rings. The van der Waals surface area contributed by atoms with Gasteiger partial charge in [-0.05, 0) is 43.5 Å². The maximum atomic E-state index is 12.9. The van der Waals surface area contributed by atoms with E-state index in [1.807, 2.05) is 31.3 Å². The van der Waals surface area contributed by atoms with Crippen LogP contribution in [0.4, 0.5) is 0 Å². The van der Waals surface area contributed by atoms with Crippen molar-refractivity contribution in [3.63, 3.8) is 0 Å². The summed E-state index contributed by atoms with van der Waals surface area (Å²) >= 11 is 0. The quantitative estimate of drug-likeness (QED) is 0.114. The number of benzene rings is 1. The first kappa shape index (κ1) is 25.5. The number of nitrogens with one attached hydrogen (secondary N) is 2. The van der Waals surface area contributed by atoms with Crippen molar-refractivity contribution in [3.8, 4) is 11.9 Å². The molecular formula is C25H33N5O3. The third kappa shape index (κ3) is 6.39. The van der Waals surface area contributed by atoms with Gasteiger partial charge in [0.25, 0.3) is 5.91 Å². The standard InChI is InChI=1S/C25H33N5O3/c1-6-9-22(19(3)32-4)23(31)28-17-25(20-10-8-11-21(16-20)33-5)12-14-30(15-13-25)24(27-7-2)29-18-26/h6,8-11,16H,1,3,7,12-15,17H2,2,4-5H3,(H,27,29)(H,28,31)/b22-9+. The molecule has 33 heavy (non-hydrogen) atoms. The molecule has 0 atom stereocenters. The van der Waals surface area contributed by atoms with E-state index in [1.165, 1.54) is 13.2 Å². The fraction of sp³-hybridized carbons (Fsp3) is 0.400. The van der Waals surface area contributed by atoms with Crippen LogP contribution in [0.2, 0.25) is 0 Å². The van der Waals surface area contributed by atoms with E-state index in [0.717, 1.165) is 24.2 Å². The highest BCUT2D eigenvalue weighted by molar-refractivity contribution is 5.97. The smallest absolute Gasteiger partial charge is 0.255 e. The SMILES string of the molecule is C=C/C=C(\C(=C)OC)C(=O)NCC1(c2cccc(OC)c2)CCN(C(=NCC)NC#N)CC1. The monoisotopic (exact) mass is 451 g/mol. The topological polar surface area (TPSA) is 99.0 Å². The van der Waals surface area contributed by atoms with Gasteiger partial charge in [-0.2, -0.15) is 5.26 Å². The molecule has 1 aliphatic heterocycles. The molecule has 2 rings (SSSR count). The zero-order valence-electron chi connectivity index (χ0n) is 19.7. The number of rotatable bonds is 9. The van der Waals surface area contributed by atoms with Gasteiger partial charge in [0, 0.05) is 31.6 Å².